The summed E-state index contributed by atoms with van der Waals surface area (Å²) in [5.74, 6) is 2.89. The van der Waals surface area contributed by atoms with Crippen LogP contribution < -0.4 is 0 Å². The second-order valence-electron chi connectivity index (χ2n) is 4.78. The third kappa shape index (κ3) is 1.11. The number of H-pyrrole nitrogens is 1. The first-order chi connectivity index (χ1) is 6.13. The van der Waals surface area contributed by atoms with E-state index in [9.17, 15) is 0 Å². The number of hydrogen-bond acceptors (Lipinski definition) is 1. The van der Waals surface area contributed by atoms with Crippen molar-refractivity contribution in [1.29, 1.82) is 0 Å². The summed E-state index contributed by atoms with van der Waals surface area (Å²) in [5, 5.41) is 7.25. The molecule has 0 aliphatic heterocycles. The number of aromatic amines is 1. The zero-order valence-corrected chi connectivity index (χ0v) is 8.83. The van der Waals surface area contributed by atoms with E-state index in [0.29, 0.717) is 5.92 Å². The van der Waals surface area contributed by atoms with E-state index >= 15 is 0 Å². The van der Waals surface area contributed by atoms with Crippen molar-refractivity contribution < 1.29 is 0 Å². The minimum Gasteiger partial charge on any atom is -0.282 e. The van der Waals surface area contributed by atoms with E-state index in [4.69, 9.17) is 0 Å². The number of nitrogens with one attached hydrogen (secondary N) is 1. The summed E-state index contributed by atoms with van der Waals surface area (Å²) in [5.41, 5.74) is 2.84. The van der Waals surface area contributed by atoms with Crippen LogP contribution in [0.2, 0.25) is 0 Å². The Morgan fingerprint density at radius 3 is 2.31 bits per heavy atom. The fraction of sp³-hybridized carbons (Fsp3) is 0.727. The lowest BCUT2D eigenvalue weighted by molar-refractivity contribution is 0.296. The molecule has 0 bridgehead atoms. The van der Waals surface area contributed by atoms with Crippen LogP contribution in [0.3, 0.4) is 0 Å². The molecular weight excluding hydrogens is 160 g/mol. The van der Waals surface area contributed by atoms with Crippen molar-refractivity contribution in [3.8, 4) is 0 Å². The van der Waals surface area contributed by atoms with Gasteiger partial charge in [-0.2, -0.15) is 5.10 Å². The van der Waals surface area contributed by atoms with Crippen LogP contribution in [0.4, 0.5) is 0 Å². The smallest absolute Gasteiger partial charge is 0.0525 e. The molecule has 1 aliphatic rings. The molecule has 2 heteroatoms. The molecule has 1 aromatic rings. The van der Waals surface area contributed by atoms with Gasteiger partial charge in [0.1, 0.15) is 0 Å². The van der Waals surface area contributed by atoms with Crippen molar-refractivity contribution >= 4 is 0 Å². The van der Waals surface area contributed by atoms with Crippen LogP contribution in [0, 0.1) is 11.8 Å². The monoisotopic (exact) mass is 178 g/mol. The van der Waals surface area contributed by atoms with Crippen molar-refractivity contribution in [3.05, 3.63) is 17.5 Å². The van der Waals surface area contributed by atoms with Crippen LogP contribution in [0.1, 0.15) is 50.8 Å². The Bertz CT molecular complexity index is 270. The van der Waals surface area contributed by atoms with Crippen molar-refractivity contribution in [2.24, 2.45) is 11.8 Å². The van der Waals surface area contributed by atoms with Crippen LogP contribution in [0.5, 0.6) is 0 Å². The first kappa shape index (κ1) is 8.79. The van der Waals surface area contributed by atoms with Gasteiger partial charge in [0.05, 0.1) is 6.20 Å². The Morgan fingerprint density at radius 1 is 1.15 bits per heavy atom. The average molecular weight is 178 g/mol. The summed E-state index contributed by atoms with van der Waals surface area (Å²) in [7, 11) is 0. The molecule has 2 rings (SSSR count). The average Bonchev–Trinajstić information content (AvgIpc) is 2.31. The third-order valence-electron chi connectivity index (χ3n) is 3.22. The third-order valence-corrected chi connectivity index (χ3v) is 3.22. The summed E-state index contributed by atoms with van der Waals surface area (Å²) in [6.07, 6.45) is 2.00. The molecule has 0 amide bonds. The molecule has 2 unspecified atom stereocenters. The number of aromatic nitrogens is 2. The molecule has 1 heterocycles. The van der Waals surface area contributed by atoms with Crippen molar-refractivity contribution in [3.63, 3.8) is 0 Å². The Kier molecular flexibility index (Phi) is 1.94. The lowest BCUT2D eigenvalue weighted by atomic mass is 9.63. The van der Waals surface area contributed by atoms with Gasteiger partial charge in [0.2, 0.25) is 0 Å². The van der Waals surface area contributed by atoms with E-state index in [0.717, 1.165) is 17.8 Å². The van der Waals surface area contributed by atoms with Gasteiger partial charge >= 0.3 is 0 Å². The minimum absolute atomic E-state index is 0.706. The fourth-order valence-electron chi connectivity index (χ4n) is 2.64. The molecule has 0 radical (unpaired) electrons. The SMILES string of the molecule is CC(C)C1c2cn[nH]c2C1C(C)C. The first-order valence-electron chi connectivity index (χ1n) is 5.16. The van der Waals surface area contributed by atoms with E-state index in [1.807, 2.05) is 6.20 Å². The highest BCUT2D eigenvalue weighted by molar-refractivity contribution is 5.39. The van der Waals surface area contributed by atoms with Crippen molar-refractivity contribution in [2.75, 3.05) is 0 Å². The Hall–Kier alpha value is -0.790. The number of fused-ring (bicyclic) bond motifs is 1. The Labute approximate surface area is 79.7 Å². The lowest BCUT2D eigenvalue weighted by Crippen LogP contribution is -2.31. The van der Waals surface area contributed by atoms with Crippen LogP contribution >= 0.6 is 0 Å². The van der Waals surface area contributed by atoms with Gasteiger partial charge in [-0.1, -0.05) is 27.7 Å². The zero-order valence-electron chi connectivity index (χ0n) is 8.83. The maximum absolute atomic E-state index is 4.12. The van der Waals surface area contributed by atoms with E-state index < -0.39 is 0 Å². The van der Waals surface area contributed by atoms with Gasteiger partial charge in [-0.15, -0.1) is 0 Å². The van der Waals surface area contributed by atoms with Crippen molar-refractivity contribution in [2.45, 2.75) is 39.5 Å². The highest BCUT2D eigenvalue weighted by atomic mass is 15.1. The van der Waals surface area contributed by atoms with Crippen LogP contribution in [-0.4, -0.2) is 10.2 Å². The Balaban J connectivity index is 2.31. The van der Waals surface area contributed by atoms with Gasteiger partial charge in [-0.05, 0) is 23.3 Å². The quantitative estimate of drug-likeness (QED) is 0.741. The summed E-state index contributed by atoms with van der Waals surface area (Å²) in [6.45, 7) is 9.19. The van der Waals surface area contributed by atoms with Crippen LogP contribution in [0.15, 0.2) is 6.20 Å². The zero-order chi connectivity index (χ0) is 9.59. The molecule has 2 nitrogen and oxygen atoms in total. The highest BCUT2D eigenvalue weighted by Gasteiger charge is 2.42. The molecule has 1 aliphatic carbocycles. The number of rotatable bonds is 2. The normalized spacial score (nSPS) is 26.3. The summed E-state index contributed by atoms with van der Waals surface area (Å²) >= 11 is 0. The van der Waals surface area contributed by atoms with E-state index in [1.165, 1.54) is 11.3 Å². The number of hydrogen-bond donors (Lipinski definition) is 1. The summed E-state index contributed by atoms with van der Waals surface area (Å²) in [4.78, 5) is 0. The standard InChI is InChI=1S/C11H18N2/c1-6(2)9-8-5-12-13-11(8)10(9)7(3)4/h5-7,9-10H,1-4H3,(H,12,13). The lowest BCUT2D eigenvalue weighted by Gasteiger charge is -2.41. The van der Waals surface area contributed by atoms with Crippen LogP contribution in [-0.2, 0) is 0 Å². The van der Waals surface area contributed by atoms with Gasteiger partial charge in [0.25, 0.3) is 0 Å². The molecule has 1 aromatic heterocycles. The maximum atomic E-state index is 4.12. The van der Waals surface area contributed by atoms with Gasteiger partial charge in [-0.25, -0.2) is 0 Å². The summed E-state index contributed by atoms with van der Waals surface area (Å²) in [6, 6.07) is 0. The predicted molar refractivity (Wildman–Crippen MR) is 53.7 cm³/mol. The largest absolute Gasteiger partial charge is 0.282 e. The Morgan fingerprint density at radius 2 is 1.77 bits per heavy atom. The minimum atomic E-state index is 0.706. The molecule has 0 aromatic carbocycles. The first-order valence-corrected chi connectivity index (χ1v) is 5.16. The molecule has 1 N–H and O–H groups in total. The molecule has 72 valence electrons. The molecule has 0 spiro atoms. The van der Waals surface area contributed by atoms with Crippen molar-refractivity contribution in [1.82, 2.24) is 10.2 Å². The number of nitrogens with zero attached hydrogens (tertiary/aromatic N) is 1. The summed E-state index contributed by atoms with van der Waals surface area (Å²) < 4.78 is 0. The molecule has 0 saturated heterocycles. The van der Waals surface area contributed by atoms with E-state index in [1.54, 1.807) is 0 Å². The second-order valence-corrected chi connectivity index (χ2v) is 4.78. The van der Waals surface area contributed by atoms with Gasteiger partial charge in [0, 0.05) is 11.6 Å². The van der Waals surface area contributed by atoms with E-state index in [2.05, 4.69) is 37.9 Å². The van der Waals surface area contributed by atoms with E-state index in [-0.39, 0.29) is 0 Å². The molecular formula is C11H18N2. The van der Waals surface area contributed by atoms with Gasteiger partial charge in [-0.3, -0.25) is 5.10 Å². The molecule has 0 saturated carbocycles. The second kappa shape index (κ2) is 2.86. The molecule has 0 fully saturated rings. The predicted octanol–water partition coefficient (Wildman–Crippen LogP) is 2.90. The fourth-order valence-corrected chi connectivity index (χ4v) is 2.64. The van der Waals surface area contributed by atoms with Crippen LogP contribution in [0.25, 0.3) is 0 Å². The maximum Gasteiger partial charge on any atom is 0.0525 e. The van der Waals surface area contributed by atoms with Gasteiger partial charge in [0.15, 0.2) is 0 Å². The molecule has 13 heavy (non-hydrogen) atoms. The van der Waals surface area contributed by atoms with Gasteiger partial charge < -0.3 is 0 Å². The molecule has 2 atom stereocenters. The topological polar surface area (TPSA) is 28.7 Å². The highest BCUT2D eigenvalue weighted by Crippen LogP contribution is 2.52.